The molecule has 0 spiro atoms. The van der Waals surface area contributed by atoms with Crippen molar-refractivity contribution in [3.8, 4) is 0 Å². The molecule has 0 aliphatic heterocycles. The van der Waals surface area contributed by atoms with Crippen molar-refractivity contribution in [2.24, 2.45) is 0 Å². The van der Waals surface area contributed by atoms with E-state index in [1.165, 1.54) is 0 Å². The Morgan fingerprint density at radius 1 is 0.952 bits per heavy atom. The Morgan fingerprint density at radius 3 is 1.76 bits per heavy atom. The van der Waals surface area contributed by atoms with Crippen LogP contribution in [0.3, 0.4) is 0 Å². The average Bonchev–Trinajstić information content (AvgIpc) is 2.54. The van der Waals surface area contributed by atoms with Crippen LogP contribution in [0, 0.1) is 45.6 Å². The summed E-state index contributed by atoms with van der Waals surface area (Å²) in [6, 6.07) is 9.62. The second kappa shape index (κ2) is 21.2. The number of benzene rings is 1. The number of aliphatic hydroxyl groups is 1. The van der Waals surface area contributed by atoms with Gasteiger partial charge in [0.15, 0.2) is 0 Å². The molecule has 1 rings (SSSR count). The summed E-state index contributed by atoms with van der Waals surface area (Å²) in [7, 11) is 0. The third-order valence-corrected chi connectivity index (χ3v) is 2.08. The van der Waals surface area contributed by atoms with Crippen molar-refractivity contribution in [2.45, 2.75) is 19.4 Å². The van der Waals surface area contributed by atoms with E-state index in [2.05, 4.69) is 20.0 Å². The summed E-state index contributed by atoms with van der Waals surface area (Å²) < 4.78 is 22.5. The van der Waals surface area contributed by atoms with Crippen molar-refractivity contribution in [1.29, 1.82) is 0 Å². The summed E-state index contributed by atoms with van der Waals surface area (Å²) >= 11 is 0. The Balaban J connectivity index is -0.000000183. The molecule has 0 aromatic heterocycles. The Morgan fingerprint density at radius 2 is 1.38 bits per heavy atom. The van der Waals surface area contributed by atoms with Crippen LogP contribution in [0.25, 0.3) is 0 Å². The summed E-state index contributed by atoms with van der Waals surface area (Å²) in [6.45, 7) is 17.2. The first-order chi connectivity index (χ1) is 9.67. The van der Waals surface area contributed by atoms with Gasteiger partial charge >= 0.3 is 33.9 Å². The van der Waals surface area contributed by atoms with E-state index in [9.17, 15) is 5.11 Å². The molecule has 4 radical (unpaired) electrons. The number of rotatable bonds is 5. The van der Waals surface area contributed by atoms with Gasteiger partial charge in [0.2, 0.25) is 0 Å². The first kappa shape index (κ1) is 28.1. The van der Waals surface area contributed by atoms with Gasteiger partial charge in [0.1, 0.15) is 0 Å². The molecule has 21 heavy (non-hydrogen) atoms. The summed E-state index contributed by atoms with van der Waals surface area (Å²) in [5.41, 5.74) is 0.0154. The van der Waals surface area contributed by atoms with Crippen LogP contribution < -0.4 is 0 Å². The smallest absolute Gasteiger partial charge is 0 e. The van der Waals surface area contributed by atoms with E-state index in [0.717, 1.165) is 5.56 Å². The molecule has 0 heterocycles. The minimum atomic E-state index is -0.888. The van der Waals surface area contributed by atoms with E-state index >= 15 is 0 Å². The van der Waals surface area contributed by atoms with Crippen molar-refractivity contribution in [1.82, 2.24) is 0 Å². The monoisotopic (exact) mass is 328 g/mol. The van der Waals surface area contributed by atoms with Gasteiger partial charge in [0.25, 0.3) is 0 Å². The summed E-state index contributed by atoms with van der Waals surface area (Å²) in [4.78, 5) is 0. The van der Waals surface area contributed by atoms with Crippen LogP contribution >= 0.6 is 0 Å². The summed E-state index contributed by atoms with van der Waals surface area (Å²) in [5, 5.41) is 10.1. The van der Waals surface area contributed by atoms with E-state index in [1.807, 2.05) is 56.5 Å². The molecule has 0 saturated carbocycles. The maximum Gasteiger partial charge on any atom is 0 e. The quantitative estimate of drug-likeness (QED) is 0.383. The zero-order chi connectivity index (χ0) is 16.4. The molecule has 112 valence electrons. The Kier molecular flexibility index (Phi) is 28.4. The Hall–Kier alpha value is -1.08. The van der Waals surface area contributed by atoms with Crippen LogP contribution in [-0.2, 0) is 36.6 Å². The Labute approximate surface area is 137 Å². The van der Waals surface area contributed by atoms with E-state index in [0.29, 0.717) is 0 Å². The second-order valence-electron chi connectivity index (χ2n) is 3.40. The molecule has 4 nitrogen and oxygen atoms in total. The maximum atomic E-state index is 10.1. The second-order valence-corrected chi connectivity index (χ2v) is 3.40. The molecule has 0 saturated heterocycles. The molecule has 0 aliphatic rings. The zero-order valence-corrected chi connectivity index (χ0v) is 12.8. The molecule has 1 aromatic rings. The molecule has 0 aliphatic carbocycles. The Bertz CT molecular complexity index is 355. The van der Waals surface area contributed by atoms with Crippen LogP contribution in [0.4, 0.5) is 0 Å². The summed E-state index contributed by atoms with van der Waals surface area (Å²) in [6.07, 6.45) is 7.46. The van der Waals surface area contributed by atoms with Gasteiger partial charge in [-0.1, -0.05) is 37.3 Å². The number of hydrogen-bond acceptors (Lipinski definition) is 1. The van der Waals surface area contributed by atoms with Gasteiger partial charge in [-0.05, 0) is 31.7 Å². The standard InChI is InChI=1S/C13H16O.3CO.Fe/c1-3-4-8-11-13(2,14)12-9-6-5-7-10-12;3*1-2;/h3-11,14H,1-2H3;;;;/t13-;;;;/m0..../s1. The van der Waals surface area contributed by atoms with Crippen LogP contribution in [0.2, 0.25) is 0 Å². The number of unbranched alkanes of at least 4 members (excludes halogenated alkanes) is 2. The molecular weight excluding hydrogens is 312 g/mol. The van der Waals surface area contributed by atoms with Gasteiger partial charge in [-0.25, -0.2) is 0 Å². The van der Waals surface area contributed by atoms with Gasteiger partial charge in [-0.2, -0.15) is 0 Å². The SMILES string of the molecule is C[CH][CH][CH][CH][C@](C)(O)c1ccccc1.[C-]#[O+].[C-]#[O+].[C-]#[O+].[Fe]. The minimum absolute atomic E-state index is 0. The van der Waals surface area contributed by atoms with E-state index in [1.54, 1.807) is 13.3 Å². The van der Waals surface area contributed by atoms with Gasteiger partial charge in [0, 0.05) is 23.5 Å². The van der Waals surface area contributed by atoms with Crippen LogP contribution in [0.1, 0.15) is 19.4 Å². The summed E-state index contributed by atoms with van der Waals surface area (Å²) in [5.74, 6) is 0. The fourth-order valence-electron chi connectivity index (χ4n) is 1.23. The fourth-order valence-corrected chi connectivity index (χ4v) is 1.23. The van der Waals surface area contributed by atoms with E-state index in [4.69, 9.17) is 14.0 Å². The molecule has 1 atom stereocenters. The van der Waals surface area contributed by atoms with Crippen LogP contribution in [0.15, 0.2) is 30.3 Å². The molecule has 0 fully saturated rings. The predicted molar refractivity (Wildman–Crippen MR) is 70.7 cm³/mol. The first-order valence-electron chi connectivity index (χ1n) is 5.36. The van der Waals surface area contributed by atoms with Crippen molar-refractivity contribution < 1.29 is 36.1 Å². The van der Waals surface area contributed by atoms with E-state index < -0.39 is 5.60 Å². The maximum absolute atomic E-state index is 10.1. The minimum Gasteiger partial charge on any atom is 0 e. The molecular formula is C16H16FeO4. The van der Waals surface area contributed by atoms with Crippen LogP contribution in [0.5, 0.6) is 0 Å². The van der Waals surface area contributed by atoms with Crippen molar-refractivity contribution in [3.05, 3.63) is 81.5 Å². The predicted octanol–water partition coefficient (Wildman–Crippen LogP) is 2.62. The van der Waals surface area contributed by atoms with Crippen LogP contribution in [-0.4, -0.2) is 5.11 Å². The third-order valence-electron chi connectivity index (χ3n) is 2.08. The normalized spacial score (nSPS) is 10.3. The third kappa shape index (κ3) is 15.1. The zero-order valence-electron chi connectivity index (χ0n) is 11.7. The van der Waals surface area contributed by atoms with Gasteiger partial charge in [0.05, 0.1) is 5.60 Å². The topological polar surface area (TPSA) is 79.9 Å². The fraction of sp³-hybridized carbons (Fsp3) is 0.188. The van der Waals surface area contributed by atoms with E-state index in [-0.39, 0.29) is 17.1 Å². The first-order valence-corrected chi connectivity index (χ1v) is 5.36. The van der Waals surface area contributed by atoms with Gasteiger partial charge < -0.3 is 5.11 Å². The van der Waals surface area contributed by atoms with Gasteiger partial charge in [-0.15, -0.1) is 0 Å². The molecule has 0 bridgehead atoms. The molecule has 1 aromatic carbocycles. The largest absolute Gasteiger partial charge is 0 e. The van der Waals surface area contributed by atoms with Crippen molar-refractivity contribution in [3.63, 3.8) is 0 Å². The number of hydrogen-bond donors (Lipinski definition) is 1. The van der Waals surface area contributed by atoms with Gasteiger partial charge in [-0.3, -0.25) is 0 Å². The van der Waals surface area contributed by atoms with Crippen molar-refractivity contribution in [2.75, 3.05) is 0 Å². The molecule has 0 unspecified atom stereocenters. The van der Waals surface area contributed by atoms with Crippen molar-refractivity contribution >= 4 is 0 Å². The molecule has 0 amide bonds. The average molecular weight is 328 g/mol. The molecule has 1 N–H and O–H groups in total. The molecule has 5 heteroatoms.